The highest BCUT2D eigenvalue weighted by Gasteiger charge is 2.66. The van der Waals surface area contributed by atoms with Crippen molar-refractivity contribution >= 4 is 11.6 Å². The molecule has 0 saturated carbocycles. The SMILES string of the molecule is Cc1cc(C)c(OCC(=O)N2N=C(C(F)(F)C(F)(F)F)C[C@@]2(O)C(C)(C)C)c(C)c1. The average Bonchev–Trinajstić information content (AvgIpc) is 2.92. The van der Waals surface area contributed by atoms with Crippen LogP contribution in [0.2, 0.25) is 0 Å². The number of hydrogen-bond donors (Lipinski definition) is 1. The smallest absolute Gasteiger partial charge is 0.459 e. The van der Waals surface area contributed by atoms with E-state index in [1.54, 1.807) is 13.8 Å². The number of hydrazone groups is 1. The highest BCUT2D eigenvalue weighted by molar-refractivity contribution is 5.96. The Morgan fingerprint density at radius 2 is 1.63 bits per heavy atom. The third-order valence-electron chi connectivity index (χ3n) is 5.09. The number of carbonyl (C=O) groups is 1. The number of halogens is 5. The fourth-order valence-electron chi connectivity index (χ4n) is 3.32. The maximum absolute atomic E-state index is 13.9. The molecule has 0 unspecified atom stereocenters. The van der Waals surface area contributed by atoms with Gasteiger partial charge in [-0.25, -0.2) is 0 Å². The van der Waals surface area contributed by atoms with E-state index in [4.69, 9.17) is 4.74 Å². The first-order valence-corrected chi connectivity index (χ1v) is 9.20. The second kappa shape index (κ2) is 7.47. The van der Waals surface area contributed by atoms with Crippen LogP contribution in [0.1, 0.15) is 43.9 Å². The first-order chi connectivity index (χ1) is 13.4. The number of rotatable bonds is 4. The van der Waals surface area contributed by atoms with Crippen molar-refractivity contribution < 1.29 is 36.6 Å². The third kappa shape index (κ3) is 4.14. The number of carbonyl (C=O) groups excluding carboxylic acids is 1. The molecular formula is C20H25F5N2O3. The standard InChI is InChI=1S/C20H25F5N2O3/c1-11-7-12(2)16(13(3)8-11)30-10-15(28)27-18(29,17(4,5)6)9-14(26-27)19(21,22)20(23,24)25/h7-8,29H,9-10H2,1-6H3/t18-/m1/s1. The fourth-order valence-corrected chi connectivity index (χ4v) is 3.32. The van der Waals surface area contributed by atoms with Gasteiger partial charge in [0, 0.05) is 11.8 Å². The summed E-state index contributed by atoms with van der Waals surface area (Å²) in [6, 6.07) is 3.63. The molecule has 0 saturated heterocycles. The summed E-state index contributed by atoms with van der Waals surface area (Å²) < 4.78 is 71.7. The first-order valence-electron chi connectivity index (χ1n) is 9.20. The number of amides is 1. The highest BCUT2D eigenvalue weighted by atomic mass is 19.4. The van der Waals surface area contributed by atoms with Crippen LogP contribution < -0.4 is 4.74 Å². The van der Waals surface area contributed by atoms with Gasteiger partial charge >= 0.3 is 12.1 Å². The van der Waals surface area contributed by atoms with E-state index in [0.29, 0.717) is 10.8 Å². The van der Waals surface area contributed by atoms with E-state index >= 15 is 0 Å². The van der Waals surface area contributed by atoms with Crippen molar-refractivity contribution in [1.29, 1.82) is 0 Å². The molecule has 0 aliphatic carbocycles. The van der Waals surface area contributed by atoms with Gasteiger partial charge in [-0.1, -0.05) is 38.5 Å². The number of nitrogens with zero attached hydrogens (tertiary/aromatic N) is 2. The van der Waals surface area contributed by atoms with E-state index in [0.717, 1.165) is 16.7 Å². The van der Waals surface area contributed by atoms with E-state index in [-0.39, 0.29) is 0 Å². The summed E-state index contributed by atoms with van der Waals surface area (Å²) >= 11 is 0. The molecule has 0 aromatic heterocycles. The number of aryl methyl sites for hydroxylation is 3. The summed E-state index contributed by atoms with van der Waals surface area (Å²) in [5.41, 5.74) is -2.86. The zero-order valence-corrected chi connectivity index (χ0v) is 17.6. The van der Waals surface area contributed by atoms with Gasteiger partial charge in [0.25, 0.3) is 5.91 Å². The molecule has 1 N–H and O–H groups in total. The molecule has 10 heteroatoms. The van der Waals surface area contributed by atoms with Crippen molar-refractivity contribution in [3.8, 4) is 5.75 Å². The molecule has 1 aliphatic heterocycles. The molecule has 1 aliphatic rings. The molecule has 0 bridgehead atoms. The molecule has 0 fully saturated rings. The van der Waals surface area contributed by atoms with Crippen molar-refractivity contribution in [3.63, 3.8) is 0 Å². The van der Waals surface area contributed by atoms with Crippen molar-refractivity contribution in [2.24, 2.45) is 10.5 Å². The normalized spacial score (nSPS) is 20.4. The number of benzene rings is 1. The van der Waals surface area contributed by atoms with Crippen molar-refractivity contribution in [3.05, 3.63) is 28.8 Å². The molecule has 0 radical (unpaired) electrons. The first kappa shape index (κ1) is 24.0. The number of alkyl halides is 5. The van der Waals surface area contributed by atoms with E-state index in [2.05, 4.69) is 5.10 Å². The van der Waals surface area contributed by atoms with E-state index in [9.17, 15) is 31.9 Å². The van der Waals surface area contributed by atoms with Gasteiger partial charge in [-0.3, -0.25) is 4.79 Å². The lowest BCUT2D eigenvalue weighted by molar-refractivity contribution is -0.250. The number of ether oxygens (including phenoxy) is 1. The van der Waals surface area contributed by atoms with Crippen LogP contribution >= 0.6 is 0 Å². The summed E-state index contributed by atoms with van der Waals surface area (Å²) in [4.78, 5) is 12.7. The maximum Gasteiger partial charge on any atom is 0.459 e. The van der Waals surface area contributed by atoms with E-state index < -0.39 is 47.9 Å². The molecule has 0 spiro atoms. The molecule has 5 nitrogen and oxygen atoms in total. The van der Waals surface area contributed by atoms with Crippen LogP contribution in [0.5, 0.6) is 5.75 Å². The summed E-state index contributed by atoms with van der Waals surface area (Å²) in [5, 5.41) is 14.4. The molecule has 30 heavy (non-hydrogen) atoms. The van der Waals surface area contributed by atoms with Crippen LogP contribution in [0, 0.1) is 26.2 Å². The minimum absolute atomic E-state index is 0.292. The Morgan fingerprint density at radius 1 is 1.13 bits per heavy atom. The van der Waals surface area contributed by atoms with Gasteiger partial charge in [0.2, 0.25) is 0 Å². The maximum atomic E-state index is 13.9. The molecule has 1 aromatic carbocycles. The van der Waals surface area contributed by atoms with Gasteiger partial charge < -0.3 is 9.84 Å². The Labute approximate surface area is 171 Å². The Balaban J connectivity index is 2.36. The van der Waals surface area contributed by atoms with Gasteiger partial charge in [0.1, 0.15) is 11.5 Å². The Morgan fingerprint density at radius 3 is 2.07 bits per heavy atom. The van der Waals surface area contributed by atoms with Gasteiger partial charge in [0.15, 0.2) is 12.3 Å². The van der Waals surface area contributed by atoms with Crippen LogP contribution in [0.4, 0.5) is 22.0 Å². The Bertz CT molecular complexity index is 851. The van der Waals surface area contributed by atoms with Crippen LogP contribution in [-0.4, -0.2) is 46.2 Å². The third-order valence-corrected chi connectivity index (χ3v) is 5.09. The largest absolute Gasteiger partial charge is 0.483 e. The van der Waals surface area contributed by atoms with Crippen molar-refractivity contribution in [2.45, 2.75) is 65.8 Å². The average molecular weight is 436 g/mol. The van der Waals surface area contributed by atoms with Crippen LogP contribution in [0.3, 0.4) is 0 Å². The topological polar surface area (TPSA) is 62.1 Å². The Kier molecular flexibility index (Phi) is 5.99. The van der Waals surface area contributed by atoms with Gasteiger partial charge in [-0.15, -0.1) is 0 Å². The fraction of sp³-hybridized carbons (Fsp3) is 0.600. The lowest BCUT2D eigenvalue weighted by atomic mass is 9.79. The second-order valence-corrected chi connectivity index (χ2v) is 8.58. The molecule has 1 amide bonds. The molecule has 168 valence electrons. The number of aliphatic hydroxyl groups is 1. The predicted octanol–water partition coefficient (Wildman–Crippen LogP) is 4.51. The highest BCUT2D eigenvalue weighted by Crippen LogP contribution is 2.47. The van der Waals surface area contributed by atoms with Gasteiger partial charge in [0.05, 0.1) is 0 Å². The summed E-state index contributed by atoms with van der Waals surface area (Å²) in [6.07, 6.45) is -7.05. The van der Waals surface area contributed by atoms with Gasteiger partial charge in [-0.2, -0.15) is 32.1 Å². The van der Waals surface area contributed by atoms with Crippen molar-refractivity contribution in [1.82, 2.24) is 5.01 Å². The molecular weight excluding hydrogens is 411 g/mol. The van der Waals surface area contributed by atoms with E-state index in [1.165, 1.54) is 20.8 Å². The predicted molar refractivity (Wildman–Crippen MR) is 100 cm³/mol. The summed E-state index contributed by atoms with van der Waals surface area (Å²) in [5.74, 6) is -5.94. The quantitative estimate of drug-likeness (QED) is 0.707. The zero-order valence-electron chi connectivity index (χ0n) is 17.6. The zero-order chi connectivity index (χ0) is 23.3. The van der Waals surface area contributed by atoms with Crippen LogP contribution in [0.15, 0.2) is 17.2 Å². The molecule has 2 rings (SSSR count). The van der Waals surface area contributed by atoms with Crippen LogP contribution in [-0.2, 0) is 4.79 Å². The van der Waals surface area contributed by atoms with E-state index in [1.807, 2.05) is 19.1 Å². The second-order valence-electron chi connectivity index (χ2n) is 8.58. The summed E-state index contributed by atoms with van der Waals surface area (Å²) in [6.45, 7) is 8.91. The van der Waals surface area contributed by atoms with Crippen LogP contribution in [0.25, 0.3) is 0 Å². The van der Waals surface area contributed by atoms with Crippen molar-refractivity contribution in [2.75, 3.05) is 6.61 Å². The summed E-state index contributed by atoms with van der Waals surface area (Å²) in [7, 11) is 0. The molecule has 1 aromatic rings. The minimum Gasteiger partial charge on any atom is -0.483 e. The van der Waals surface area contributed by atoms with Gasteiger partial charge in [-0.05, 0) is 31.9 Å². The number of hydrogen-bond acceptors (Lipinski definition) is 4. The molecule has 1 atom stereocenters. The lowest BCUT2D eigenvalue weighted by Crippen LogP contribution is -2.56. The lowest BCUT2D eigenvalue weighted by Gasteiger charge is -2.41. The molecule has 1 heterocycles. The minimum atomic E-state index is -5.91. The Hall–Kier alpha value is -2.23. The monoisotopic (exact) mass is 436 g/mol.